The molecular formula is C17H24N6. The number of hydrogen-bond acceptors (Lipinski definition) is 4. The minimum Gasteiger partial charge on any atom is -0.316 e. The summed E-state index contributed by atoms with van der Waals surface area (Å²) in [4.78, 5) is 2.43. The fourth-order valence-electron chi connectivity index (χ4n) is 3.05. The molecule has 6 nitrogen and oxygen atoms in total. The third-order valence-electron chi connectivity index (χ3n) is 4.42. The molecule has 0 atom stereocenters. The Bertz CT molecular complexity index is 668. The Hall–Kier alpha value is -2.13. The Morgan fingerprint density at radius 1 is 1.22 bits per heavy atom. The van der Waals surface area contributed by atoms with Crippen molar-refractivity contribution in [3.63, 3.8) is 0 Å². The van der Waals surface area contributed by atoms with Gasteiger partial charge >= 0.3 is 0 Å². The van der Waals surface area contributed by atoms with Gasteiger partial charge in [-0.2, -0.15) is 5.10 Å². The van der Waals surface area contributed by atoms with E-state index >= 15 is 0 Å². The van der Waals surface area contributed by atoms with E-state index in [0.717, 1.165) is 50.5 Å². The molecule has 1 aliphatic rings. The summed E-state index contributed by atoms with van der Waals surface area (Å²) >= 11 is 0. The number of rotatable bonds is 4. The van der Waals surface area contributed by atoms with Crippen molar-refractivity contribution < 1.29 is 0 Å². The van der Waals surface area contributed by atoms with Crippen LogP contribution in [0.1, 0.15) is 43.8 Å². The molecule has 1 aliphatic heterocycles. The average molecular weight is 312 g/mol. The summed E-state index contributed by atoms with van der Waals surface area (Å²) < 4.78 is 4.02. The lowest BCUT2D eigenvalue weighted by atomic mass is 9.96. The van der Waals surface area contributed by atoms with Crippen LogP contribution in [0.5, 0.6) is 0 Å². The standard InChI is InChI=1S/C17H24N6/c1-3-4-5-10-22-12-7-15(8-13-22)17-20-19-16(21(17)2)14-23-11-6-9-18-23/h6,9,11,15H,3,7-8,10,12-14H2,1-2H3. The summed E-state index contributed by atoms with van der Waals surface area (Å²) in [6, 6.07) is 1.93. The SMILES string of the molecule is CCC#CCN1CCC(c2nnc(Cn3cccn3)n2C)CC1. The zero-order valence-electron chi connectivity index (χ0n) is 13.9. The Morgan fingerprint density at radius 3 is 2.74 bits per heavy atom. The molecule has 0 bridgehead atoms. The quantitative estimate of drug-likeness (QED) is 0.806. The van der Waals surface area contributed by atoms with Crippen molar-refractivity contribution in [2.75, 3.05) is 19.6 Å². The zero-order chi connectivity index (χ0) is 16.1. The van der Waals surface area contributed by atoms with Crippen molar-refractivity contribution in [1.82, 2.24) is 29.4 Å². The van der Waals surface area contributed by atoms with E-state index in [9.17, 15) is 0 Å². The molecule has 0 unspecified atom stereocenters. The topological polar surface area (TPSA) is 51.8 Å². The Morgan fingerprint density at radius 2 is 2.04 bits per heavy atom. The average Bonchev–Trinajstić information content (AvgIpc) is 3.20. The molecule has 122 valence electrons. The monoisotopic (exact) mass is 312 g/mol. The molecule has 3 heterocycles. The van der Waals surface area contributed by atoms with Gasteiger partial charge in [0.1, 0.15) is 12.4 Å². The highest BCUT2D eigenvalue weighted by Gasteiger charge is 2.24. The molecule has 23 heavy (non-hydrogen) atoms. The first-order valence-electron chi connectivity index (χ1n) is 8.31. The Labute approximate surface area is 137 Å². The third-order valence-corrected chi connectivity index (χ3v) is 4.42. The maximum absolute atomic E-state index is 4.45. The van der Waals surface area contributed by atoms with Gasteiger partial charge in [0, 0.05) is 31.8 Å². The van der Waals surface area contributed by atoms with Crippen LogP contribution >= 0.6 is 0 Å². The fraction of sp³-hybridized carbons (Fsp3) is 0.588. The summed E-state index contributed by atoms with van der Waals surface area (Å²) in [5, 5.41) is 13.0. The highest BCUT2D eigenvalue weighted by Crippen LogP contribution is 2.26. The van der Waals surface area contributed by atoms with Crippen LogP contribution in [0.25, 0.3) is 0 Å². The molecule has 2 aromatic rings. The number of piperidine rings is 1. The molecular weight excluding hydrogens is 288 g/mol. The molecule has 2 aromatic heterocycles. The highest BCUT2D eigenvalue weighted by atomic mass is 15.3. The van der Waals surface area contributed by atoms with Gasteiger partial charge in [-0.05, 0) is 32.0 Å². The van der Waals surface area contributed by atoms with Crippen LogP contribution in [-0.2, 0) is 13.6 Å². The summed E-state index contributed by atoms with van der Waals surface area (Å²) in [6.07, 6.45) is 6.93. The molecule has 0 aromatic carbocycles. The van der Waals surface area contributed by atoms with E-state index in [1.807, 2.05) is 16.9 Å². The lowest BCUT2D eigenvalue weighted by molar-refractivity contribution is 0.230. The molecule has 0 amide bonds. The maximum Gasteiger partial charge on any atom is 0.154 e. The van der Waals surface area contributed by atoms with Crippen LogP contribution in [-0.4, -0.2) is 49.1 Å². The van der Waals surface area contributed by atoms with Gasteiger partial charge in [-0.3, -0.25) is 9.58 Å². The molecule has 1 fully saturated rings. The maximum atomic E-state index is 4.45. The molecule has 0 N–H and O–H groups in total. The van der Waals surface area contributed by atoms with Gasteiger partial charge in [-0.15, -0.1) is 16.1 Å². The summed E-state index contributed by atoms with van der Waals surface area (Å²) in [5.41, 5.74) is 0. The summed E-state index contributed by atoms with van der Waals surface area (Å²) in [5.74, 6) is 8.93. The first-order valence-corrected chi connectivity index (χ1v) is 8.31. The molecule has 0 spiro atoms. The van der Waals surface area contributed by atoms with Gasteiger partial charge < -0.3 is 4.57 Å². The van der Waals surface area contributed by atoms with Gasteiger partial charge in [-0.1, -0.05) is 12.8 Å². The number of likely N-dealkylation sites (tertiary alicyclic amines) is 1. The van der Waals surface area contributed by atoms with Crippen molar-refractivity contribution in [2.45, 2.75) is 38.6 Å². The normalized spacial score (nSPS) is 16.3. The second kappa shape index (κ2) is 7.42. The predicted octanol–water partition coefficient (Wildman–Crippen LogP) is 1.65. The van der Waals surface area contributed by atoms with Crippen molar-refractivity contribution in [2.24, 2.45) is 7.05 Å². The molecule has 3 rings (SSSR count). The van der Waals surface area contributed by atoms with Crippen LogP contribution in [0.15, 0.2) is 18.5 Å². The smallest absolute Gasteiger partial charge is 0.154 e. The van der Waals surface area contributed by atoms with Gasteiger partial charge in [-0.25, -0.2) is 0 Å². The molecule has 6 heteroatoms. The van der Waals surface area contributed by atoms with E-state index in [-0.39, 0.29) is 0 Å². The largest absolute Gasteiger partial charge is 0.316 e. The predicted molar refractivity (Wildman–Crippen MR) is 88.8 cm³/mol. The van der Waals surface area contributed by atoms with Gasteiger partial charge in [0.2, 0.25) is 0 Å². The first-order chi connectivity index (χ1) is 11.3. The lowest BCUT2D eigenvalue weighted by Gasteiger charge is -2.30. The van der Waals surface area contributed by atoms with Crippen LogP contribution in [0.3, 0.4) is 0 Å². The van der Waals surface area contributed by atoms with Crippen molar-refractivity contribution in [1.29, 1.82) is 0 Å². The first kappa shape index (κ1) is 15.8. The fourth-order valence-corrected chi connectivity index (χ4v) is 3.05. The van der Waals surface area contributed by atoms with E-state index < -0.39 is 0 Å². The van der Waals surface area contributed by atoms with Gasteiger partial charge in [0.15, 0.2) is 5.82 Å². The second-order valence-corrected chi connectivity index (χ2v) is 5.99. The van der Waals surface area contributed by atoms with E-state index in [0.29, 0.717) is 12.5 Å². The van der Waals surface area contributed by atoms with E-state index in [4.69, 9.17) is 0 Å². The molecule has 0 saturated carbocycles. The third kappa shape index (κ3) is 3.80. The summed E-state index contributed by atoms with van der Waals surface area (Å²) in [6.45, 7) is 5.83. The summed E-state index contributed by atoms with van der Waals surface area (Å²) in [7, 11) is 2.06. The number of hydrogen-bond donors (Lipinski definition) is 0. The highest BCUT2D eigenvalue weighted by molar-refractivity contribution is 5.05. The van der Waals surface area contributed by atoms with Gasteiger partial charge in [0.25, 0.3) is 0 Å². The van der Waals surface area contributed by atoms with E-state index in [2.05, 4.69) is 50.6 Å². The second-order valence-electron chi connectivity index (χ2n) is 5.99. The molecule has 0 radical (unpaired) electrons. The van der Waals surface area contributed by atoms with Crippen LogP contribution < -0.4 is 0 Å². The number of aromatic nitrogens is 5. The Balaban J connectivity index is 1.59. The van der Waals surface area contributed by atoms with E-state index in [1.54, 1.807) is 6.20 Å². The zero-order valence-corrected chi connectivity index (χ0v) is 13.9. The van der Waals surface area contributed by atoms with E-state index in [1.165, 1.54) is 0 Å². The van der Waals surface area contributed by atoms with Crippen LogP contribution in [0.4, 0.5) is 0 Å². The van der Waals surface area contributed by atoms with Crippen molar-refractivity contribution in [3.05, 3.63) is 30.1 Å². The molecule has 0 aliphatic carbocycles. The minimum absolute atomic E-state index is 0.495. The Kier molecular flexibility index (Phi) is 5.09. The van der Waals surface area contributed by atoms with Crippen molar-refractivity contribution in [3.8, 4) is 11.8 Å². The van der Waals surface area contributed by atoms with Crippen LogP contribution in [0, 0.1) is 11.8 Å². The van der Waals surface area contributed by atoms with Gasteiger partial charge in [0.05, 0.1) is 6.54 Å². The van der Waals surface area contributed by atoms with Crippen molar-refractivity contribution >= 4 is 0 Å². The van der Waals surface area contributed by atoms with Crippen LogP contribution in [0.2, 0.25) is 0 Å². The molecule has 1 saturated heterocycles. The minimum atomic E-state index is 0.495. The number of nitrogens with zero attached hydrogens (tertiary/aromatic N) is 6. The lowest BCUT2D eigenvalue weighted by Crippen LogP contribution is -2.34.